The topological polar surface area (TPSA) is 88.1 Å². The fourth-order valence-corrected chi connectivity index (χ4v) is 1.74. The first-order chi connectivity index (χ1) is 7.69. The molecule has 3 N–H and O–H groups in total. The van der Waals surface area contributed by atoms with Crippen molar-refractivity contribution in [1.82, 2.24) is 4.90 Å². The molecule has 1 heterocycles. The molecule has 6 nitrogen and oxygen atoms in total. The molecule has 0 bridgehead atoms. The average molecular weight is 229 g/mol. The minimum absolute atomic E-state index is 0.0415. The van der Waals surface area contributed by atoms with Crippen molar-refractivity contribution in [3.05, 3.63) is 0 Å². The van der Waals surface area contributed by atoms with Gasteiger partial charge in [0.25, 0.3) is 5.91 Å². The molecule has 0 radical (unpaired) electrons. The van der Waals surface area contributed by atoms with Gasteiger partial charge in [-0.05, 0) is 19.3 Å². The van der Waals surface area contributed by atoms with E-state index in [1.807, 2.05) is 6.92 Å². The minimum Gasteiger partial charge on any atom is -0.409 e. The molecule has 0 spiro atoms. The van der Waals surface area contributed by atoms with Crippen molar-refractivity contribution < 1.29 is 14.7 Å². The Morgan fingerprint density at radius 3 is 2.94 bits per heavy atom. The third-order valence-corrected chi connectivity index (χ3v) is 2.49. The van der Waals surface area contributed by atoms with Crippen LogP contribution in [0, 0.1) is 0 Å². The molecule has 1 aliphatic rings. The van der Waals surface area contributed by atoms with Crippen LogP contribution in [0.4, 0.5) is 0 Å². The Kier molecular flexibility index (Phi) is 5.04. The summed E-state index contributed by atoms with van der Waals surface area (Å²) in [4.78, 5) is 13.6. The molecular weight excluding hydrogens is 210 g/mol. The van der Waals surface area contributed by atoms with Crippen LogP contribution < -0.4 is 5.73 Å². The lowest BCUT2D eigenvalue weighted by Crippen LogP contribution is -2.44. The second-order valence-electron chi connectivity index (χ2n) is 3.85. The molecule has 1 unspecified atom stereocenters. The maximum atomic E-state index is 12.0. The summed E-state index contributed by atoms with van der Waals surface area (Å²) >= 11 is 0. The summed E-state index contributed by atoms with van der Waals surface area (Å²) in [7, 11) is 0. The predicted octanol–water partition coefficient (Wildman–Crippen LogP) is 0.150. The fourth-order valence-electron chi connectivity index (χ4n) is 1.74. The number of carbonyl (C=O) groups excluding carboxylic acids is 1. The molecule has 6 heteroatoms. The smallest absolute Gasteiger partial charge is 0.252 e. The predicted molar refractivity (Wildman–Crippen MR) is 59.3 cm³/mol. The normalized spacial score (nSPS) is 21.1. The summed E-state index contributed by atoms with van der Waals surface area (Å²) in [6.45, 7) is 3.36. The van der Waals surface area contributed by atoms with Gasteiger partial charge in [0.15, 0.2) is 5.84 Å². The van der Waals surface area contributed by atoms with Gasteiger partial charge in [-0.15, -0.1) is 0 Å². The van der Waals surface area contributed by atoms with E-state index in [1.54, 1.807) is 4.90 Å². The molecule has 1 amide bonds. The largest absolute Gasteiger partial charge is 0.409 e. The van der Waals surface area contributed by atoms with E-state index in [9.17, 15) is 4.79 Å². The lowest BCUT2D eigenvalue weighted by atomic mass is 10.2. The van der Waals surface area contributed by atoms with Crippen LogP contribution >= 0.6 is 0 Å². The minimum atomic E-state index is -0.349. The molecule has 1 fully saturated rings. The highest BCUT2D eigenvalue weighted by Gasteiger charge is 2.28. The van der Waals surface area contributed by atoms with Crippen LogP contribution in [0.1, 0.15) is 26.2 Å². The lowest BCUT2D eigenvalue weighted by molar-refractivity contribution is -0.140. The zero-order valence-electron chi connectivity index (χ0n) is 9.56. The van der Waals surface area contributed by atoms with Gasteiger partial charge in [-0.3, -0.25) is 4.79 Å². The number of nitrogens with zero attached hydrogens (tertiary/aromatic N) is 2. The zero-order valence-corrected chi connectivity index (χ0v) is 9.56. The molecule has 16 heavy (non-hydrogen) atoms. The van der Waals surface area contributed by atoms with Crippen molar-refractivity contribution in [2.24, 2.45) is 10.9 Å². The molecule has 0 saturated carbocycles. The second kappa shape index (κ2) is 6.32. The number of rotatable bonds is 5. The number of hydrogen-bond donors (Lipinski definition) is 2. The molecule has 1 atom stereocenters. The highest BCUT2D eigenvalue weighted by atomic mass is 16.5. The van der Waals surface area contributed by atoms with Crippen LogP contribution in [0.5, 0.6) is 0 Å². The Morgan fingerprint density at radius 2 is 2.44 bits per heavy atom. The summed E-state index contributed by atoms with van der Waals surface area (Å²) in [5, 5.41) is 11.4. The Bertz CT molecular complexity index is 262. The Labute approximate surface area is 95.0 Å². The maximum absolute atomic E-state index is 12.0. The Morgan fingerprint density at radius 1 is 1.69 bits per heavy atom. The molecule has 0 aromatic heterocycles. The van der Waals surface area contributed by atoms with E-state index in [-0.39, 0.29) is 24.4 Å². The lowest BCUT2D eigenvalue weighted by Gasteiger charge is -2.24. The van der Waals surface area contributed by atoms with Crippen LogP contribution in [-0.4, -0.2) is 47.7 Å². The van der Waals surface area contributed by atoms with E-state index in [2.05, 4.69) is 5.16 Å². The van der Waals surface area contributed by atoms with E-state index >= 15 is 0 Å². The Hall–Kier alpha value is -1.30. The third kappa shape index (κ3) is 3.37. The van der Waals surface area contributed by atoms with Gasteiger partial charge in [0.1, 0.15) is 6.10 Å². The monoisotopic (exact) mass is 229 g/mol. The van der Waals surface area contributed by atoms with Crippen LogP contribution in [0.2, 0.25) is 0 Å². The van der Waals surface area contributed by atoms with E-state index in [1.165, 1.54) is 0 Å². The first-order valence-corrected chi connectivity index (χ1v) is 5.55. The first-order valence-electron chi connectivity index (χ1n) is 5.55. The van der Waals surface area contributed by atoms with Crippen molar-refractivity contribution in [2.75, 3.05) is 19.7 Å². The van der Waals surface area contributed by atoms with Crippen molar-refractivity contribution in [1.29, 1.82) is 0 Å². The van der Waals surface area contributed by atoms with Crippen LogP contribution in [0.25, 0.3) is 0 Å². The molecule has 1 aliphatic heterocycles. The number of carbonyl (C=O) groups is 1. The standard InChI is InChI=1S/C10H19N3O3/c1-2-5-13(7-9(11)12-15)10(14)8-4-3-6-16-8/h8,15H,2-7H2,1H3,(H2,11,12). The van der Waals surface area contributed by atoms with Gasteiger partial charge in [0.05, 0.1) is 6.54 Å². The van der Waals surface area contributed by atoms with Crippen molar-refractivity contribution in [3.63, 3.8) is 0 Å². The van der Waals surface area contributed by atoms with Gasteiger partial charge >= 0.3 is 0 Å². The molecule has 0 aromatic carbocycles. The van der Waals surface area contributed by atoms with E-state index < -0.39 is 0 Å². The quantitative estimate of drug-likeness (QED) is 0.304. The average Bonchev–Trinajstić information content (AvgIpc) is 2.80. The molecule has 0 aromatic rings. The van der Waals surface area contributed by atoms with E-state index in [0.29, 0.717) is 13.2 Å². The molecule has 0 aliphatic carbocycles. The molecule has 1 saturated heterocycles. The van der Waals surface area contributed by atoms with Gasteiger partial charge in [-0.1, -0.05) is 12.1 Å². The third-order valence-electron chi connectivity index (χ3n) is 2.49. The number of oxime groups is 1. The van der Waals surface area contributed by atoms with E-state index in [0.717, 1.165) is 19.3 Å². The molecule has 1 rings (SSSR count). The first kappa shape index (κ1) is 12.8. The van der Waals surface area contributed by atoms with Gasteiger partial charge < -0.3 is 20.6 Å². The molecular formula is C10H19N3O3. The molecule has 92 valence electrons. The summed E-state index contributed by atoms with van der Waals surface area (Å²) in [6, 6.07) is 0. The highest BCUT2D eigenvalue weighted by molar-refractivity contribution is 5.88. The van der Waals surface area contributed by atoms with Crippen molar-refractivity contribution >= 4 is 11.7 Å². The number of amides is 1. The summed E-state index contributed by atoms with van der Waals surface area (Å²) in [5.74, 6) is -0.0225. The number of amidine groups is 1. The second-order valence-corrected chi connectivity index (χ2v) is 3.85. The zero-order chi connectivity index (χ0) is 12.0. The van der Waals surface area contributed by atoms with Gasteiger partial charge in [0, 0.05) is 13.2 Å². The summed E-state index contributed by atoms with van der Waals surface area (Å²) in [6.07, 6.45) is 2.16. The van der Waals surface area contributed by atoms with Gasteiger partial charge in [-0.25, -0.2) is 0 Å². The van der Waals surface area contributed by atoms with Crippen LogP contribution in [0.3, 0.4) is 0 Å². The number of hydrogen-bond acceptors (Lipinski definition) is 4. The number of ether oxygens (including phenoxy) is 1. The summed E-state index contributed by atoms with van der Waals surface area (Å²) in [5.41, 5.74) is 5.41. The van der Waals surface area contributed by atoms with E-state index in [4.69, 9.17) is 15.7 Å². The van der Waals surface area contributed by atoms with Gasteiger partial charge in [-0.2, -0.15) is 0 Å². The fraction of sp³-hybridized carbons (Fsp3) is 0.800. The van der Waals surface area contributed by atoms with Gasteiger partial charge in [0.2, 0.25) is 0 Å². The van der Waals surface area contributed by atoms with Crippen molar-refractivity contribution in [2.45, 2.75) is 32.3 Å². The highest BCUT2D eigenvalue weighted by Crippen LogP contribution is 2.14. The summed E-state index contributed by atoms with van der Waals surface area (Å²) < 4.78 is 5.32. The van der Waals surface area contributed by atoms with Crippen LogP contribution in [-0.2, 0) is 9.53 Å². The maximum Gasteiger partial charge on any atom is 0.252 e. The number of nitrogens with two attached hydrogens (primary N) is 1. The Balaban J connectivity index is 2.57. The SMILES string of the molecule is CCCN(CC(N)=NO)C(=O)C1CCCO1. The van der Waals surface area contributed by atoms with Crippen LogP contribution in [0.15, 0.2) is 5.16 Å². The van der Waals surface area contributed by atoms with Crippen molar-refractivity contribution in [3.8, 4) is 0 Å².